The first-order valence-electron chi connectivity index (χ1n) is 1.77. The maximum absolute atomic E-state index is 9.70. The SMILES string of the molecule is O=C(O)C1CN1.[LiH]. The molecular formula is C3H6LiNO2. The fourth-order valence-corrected chi connectivity index (χ4v) is 0.234. The Morgan fingerprint density at radius 1 is 1.86 bits per heavy atom. The topological polar surface area (TPSA) is 59.2 Å². The van der Waals surface area contributed by atoms with Crippen LogP contribution in [0, 0.1) is 0 Å². The summed E-state index contributed by atoms with van der Waals surface area (Å²) < 4.78 is 0. The second-order valence-electron chi connectivity index (χ2n) is 1.30. The van der Waals surface area contributed by atoms with E-state index >= 15 is 0 Å². The van der Waals surface area contributed by atoms with E-state index in [1.54, 1.807) is 0 Å². The van der Waals surface area contributed by atoms with Crippen LogP contribution in [0.25, 0.3) is 0 Å². The van der Waals surface area contributed by atoms with Crippen LogP contribution >= 0.6 is 0 Å². The van der Waals surface area contributed by atoms with Gasteiger partial charge in [0.15, 0.2) is 0 Å². The summed E-state index contributed by atoms with van der Waals surface area (Å²) >= 11 is 0. The standard InChI is InChI=1S/C3H5NO2.Li.H/c5-3(6)2-1-4-2;;/h2,4H,1H2,(H,5,6);;. The fraction of sp³-hybridized carbons (Fsp3) is 0.667. The van der Waals surface area contributed by atoms with Crippen molar-refractivity contribution < 1.29 is 9.90 Å². The number of hydrogen-bond donors (Lipinski definition) is 2. The normalized spacial score (nSPS) is 25.4. The van der Waals surface area contributed by atoms with E-state index in [0.717, 1.165) is 0 Å². The minimum atomic E-state index is -0.741. The Morgan fingerprint density at radius 2 is 2.29 bits per heavy atom. The maximum atomic E-state index is 9.70. The van der Waals surface area contributed by atoms with E-state index in [1.807, 2.05) is 0 Å². The zero-order valence-electron chi connectivity index (χ0n) is 3.14. The first kappa shape index (κ1) is 7.03. The average molecular weight is 95.0 g/mol. The van der Waals surface area contributed by atoms with Crippen molar-refractivity contribution in [2.24, 2.45) is 0 Å². The van der Waals surface area contributed by atoms with Crippen molar-refractivity contribution in [1.29, 1.82) is 0 Å². The van der Waals surface area contributed by atoms with Gasteiger partial charge in [-0.1, -0.05) is 0 Å². The summed E-state index contributed by atoms with van der Waals surface area (Å²) in [5.41, 5.74) is 0. The first-order valence-corrected chi connectivity index (χ1v) is 1.77. The van der Waals surface area contributed by atoms with Crippen LogP contribution < -0.4 is 5.32 Å². The fourth-order valence-electron chi connectivity index (χ4n) is 0.234. The molecule has 3 nitrogen and oxygen atoms in total. The second kappa shape index (κ2) is 2.36. The Bertz CT molecular complexity index is 81.0. The van der Waals surface area contributed by atoms with Crippen LogP contribution in [0.1, 0.15) is 0 Å². The third-order valence-electron chi connectivity index (χ3n) is 0.706. The first-order chi connectivity index (χ1) is 2.80. The molecule has 4 heteroatoms. The van der Waals surface area contributed by atoms with E-state index in [9.17, 15) is 4.79 Å². The van der Waals surface area contributed by atoms with Crippen LogP contribution in [0.15, 0.2) is 0 Å². The predicted molar refractivity (Wildman–Crippen MR) is 26.6 cm³/mol. The van der Waals surface area contributed by atoms with Gasteiger partial charge in [0, 0.05) is 6.54 Å². The molecule has 1 aliphatic rings. The summed E-state index contributed by atoms with van der Waals surface area (Å²) in [6.45, 7) is 0.648. The van der Waals surface area contributed by atoms with Crippen molar-refractivity contribution in [2.45, 2.75) is 6.04 Å². The summed E-state index contributed by atoms with van der Waals surface area (Å²) in [7, 11) is 0. The molecule has 1 heterocycles. The molecule has 7 heavy (non-hydrogen) atoms. The predicted octanol–water partition coefficient (Wildman–Crippen LogP) is -1.61. The molecule has 0 amide bonds. The third kappa shape index (κ3) is 1.98. The van der Waals surface area contributed by atoms with Gasteiger partial charge >= 0.3 is 24.8 Å². The Morgan fingerprint density at radius 3 is 2.29 bits per heavy atom. The molecule has 0 aliphatic carbocycles. The van der Waals surface area contributed by atoms with Gasteiger partial charge in [0.05, 0.1) is 0 Å². The van der Waals surface area contributed by atoms with E-state index in [-0.39, 0.29) is 24.9 Å². The molecule has 1 saturated heterocycles. The van der Waals surface area contributed by atoms with Crippen molar-refractivity contribution in [2.75, 3.05) is 6.54 Å². The van der Waals surface area contributed by atoms with E-state index in [0.29, 0.717) is 6.54 Å². The van der Waals surface area contributed by atoms with Gasteiger partial charge in [0.2, 0.25) is 0 Å². The molecule has 0 saturated carbocycles. The minimum absolute atomic E-state index is 0. The number of carboxylic acid groups (broad SMARTS) is 1. The zero-order chi connectivity index (χ0) is 4.57. The number of carboxylic acids is 1. The van der Waals surface area contributed by atoms with Crippen molar-refractivity contribution in [3.8, 4) is 0 Å². The molecule has 1 aliphatic heterocycles. The van der Waals surface area contributed by atoms with E-state index in [4.69, 9.17) is 5.11 Å². The van der Waals surface area contributed by atoms with Crippen LogP contribution in [0.2, 0.25) is 0 Å². The molecule has 0 spiro atoms. The summed E-state index contributed by atoms with van der Waals surface area (Å²) in [6.07, 6.45) is 0. The van der Waals surface area contributed by atoms with E-state index in [1.165, 1.54) is 0 Å². The summed E-state index contributed by atoms with van der Waals surface area (Å²) in [5, 5.41) is 10.6. The van der Waals surface area contributed by atoms with Crippen LogP contribution in [-0.2, 0) is 4.79 Å². The molecule has 0 aromatic rings. The Labute approximate surface area is 53.3 Å². The molecule has 1 rings (SSSR count). The average Bonchev–Trinajstić information content (AvgIpc) is 2.06. The molecule has 0 aromatic heterocycles. The molecule has 0 bridgehead atoms. The number of aliphatic carboxylic acids is 1. The van der Waals surface area contributed by atoms with Gasteiger partial charge in [-0.3, -0.25) is 4.79 Å². The van der Waals surface area contributed by atoms with Gasteiger partial charge < -0.3 is 10.4 Å². The van der Waals surface area contributed by atoms with Gasteiger partial charge in [-0.15, -0.1) is 0 Å². The summed E-state index contributed by atoms with van der Waals surface area (Å²) in [4.78, 5) is 9.70. The van der Waals surface area contributed by atoms with Gasteiger partial charge in [-0.05, 0) is 0 Å². The number of nitrogens with one attached hydrogen (secondary N) is 1. The molecule has 1 fully saturated rings. The van der Waals surface area contributed by atoms with Gasteiger partial charge in [0.1, 0.15) is 6.04 Å². The van der Waals surface area contributed by atoms with E-state index in [2.05, 4.69) is 5.32 Å². The summed E-state index contributed by atoms with van der Waals surface area (Å²) in [5.74, 6) is -0.741. The monoisotopic (exact) mass is 95.1 g/mol. The number of hydrogen-bond acceptors (Lipinski definition) is 2. The molecule has 0 radical (unpaired) electrons. The zero-order valence-corrected chi connectivity index (χ0v) is 3.14. The Kier molecular flexibility index (Phi) is 2.37. The van der Waals surface area contributed by atoms with Crippen LogP contribution in [0.3, 0.4) is 0 Å². The Balaban J connectivity index is 0.000000360. The third-order valence-corrected chi connectivity index (χ3v) is 0.706. The van der Waals surface area contributed by atoms with Gasteiger partial charge in [0.25, 0.3) is 0 Å². The van der Waals surface area contributed by atoms with Crippen LogP contribution in [0.5, 0.6) is 0 Å². The van der Waals surface area contributed by atoms with Crippen LogP contribution in [-0.4, -0.2) is 42.5 Å². The van der Waals surface area contributed by atoms with Crippen molar-refractivity contribution in [3.63, 3.8) is 0 Å². The molecular weight excluding hydrogens is 89.0 g/mol. The number of rotatable bonds is 1. The molecule has 0 aromatic carbocycles. The molecule has 36 valence electrons. The van der Waals surface area contributed by atoms with Crippen molar-refractivity contribution in [1.82, 2.24) is 5.32 Å². The Hall–Kier alpha value is 0.0274. The van der Waals surface area contributed by atoms with E-state index < -0.39 is 5.97 Å². The van der Waals surface area contributed by atoms with Crippen LogP contribution in [0.4, 0.5) is 0 Å². The summed E-state index contributed by atoms with van der Waals surface area (Å²) in [6, 6.07) is -0.231. The quantitative estimate of drug-likeness (QED) is 0.304. The second-order valence-corrected chi connectivity index (χ2v) is 1.30. The molecule has 1 unspecified atom stereocenters. The molecule has 1 atom stereocenters. The molecule has 2 N–H and O–H groups in total. The van der Waals surface area contributed by atoms with Crippen molar-refractivity contribution >= 4 is 24.8 Å². The van der Waals surface area contributed by atoms with Gasteiger partial charge in [-0.25, -0.2) is 0 Å². The van der Waals surface area contributed by atoms with Gasteiger partial charge in [-0.2, -0.15) is 0 Å². The van der Waals surface area contributed by atoms with Crippen molar-refractivity contribution in [3.05, 3.63) is 0 Å². The number of carbonyl (C=O) groups is 1.